The Kier molecular flexibility index (Phi) is 3.01. The van der Waals surface area contributed by atoms with E-state index in [9.17, 15) is 0 Å². The Hall–Kier alpha value is -1.64. The first kappa shape index (κ1) is 11.8. The van der Waals surface area contributed by atoms with Gasteiger partial charge in [0.05, 0.1) is 5.52 Å². The molecule has 0 atom stereocenters. The van der Waals surface area contributed by atoms with Crippen LogP contribution in [0.15, 0.2) is 18.3 Å². The molecule has 2 N–H and O–H groups in total. The Bertz CT molecular complexity index is 544. The number of nitrogens with two attached hydrogens (primary N) is 1. The van der Waals surface area contributed by atoms with E-state index in [2.05, 4.69) is 49.8 Å². The second-order valence-corrected chi connectivity index (χ2v) is 5.09. The Morgan fingerprint density at radius 3 is 2.35 bits per heavy atom. The van der Waals surface area contributed by atoms with Gasteiger partial charge in [0, 0.05) is 11.6 Å². The fourth-order valence-corrected chi connectivity index (χ4v) is 1.98. The van der Waals surface area contributed by atoms with E-state index in [-0.39, 0.29) is 0 Å². The number of fused-ring (bicyclic) bond motifs is 1. The van der Waals surface area contributed by atoms with Gasteiger partial charge in [0.1, 0.15) is 0 Å². The van der Waals surface area contributed by atoms with E-state index in [4.69, 9.17) is 5.73 Å². The number of anilines is 1. The molecule has 3 nitrogen and oxygen atoms in total. The minimum Gasteiger partial charge on any atom is -0.368 e. The topological polar surface area (TPSA) is 51.8 Å². The molecule has 0 amide bonds. The minimum absolute atomic E-state index is 0.344. The number of hydrogen-bond donors (Lipinski definition) is 1. The first-order valence-electron chi connectivity index (χ1n) is 6.05. The van der Waals surface area contributed by atoms with Crippen LogP contribution in [0.25, 0.3) is 10.9 Å². The summed E-state index contributed by atoms with van der Waals surface area (Å²) < 4.78 is 0. The number of nitrogens with zero attached hydrogens (tertiary/aromatic N) is 2. The van der Waals surface area contributed by atoms with Gasteiger partial charge in [-0.3, -0.25) is 0 Å². The molecule has 90 valence electrons. The Morgan fingerprint density at radius 2 is 1.76 bits per heavy atom. The highest BCUT2D eigenvalue weighted by molar-refractivity contribution is 5.83. The highest BCUT2D eigenvalue weighted by atomic mass is 15.0. The lowest BCUT2D eigenvalue weighted by molar-refractivity contribution is 0.839. The van der Waals surface area contributed by atoms with Crippen LogP contribution in [0.2, 0.25) is 0 Å². The molecule has 2 aromatic rings. The molecule has 1 aromatic carbocycles. The summed E-state index contributed by atoms with van der Waals surface area (Å²) in [6, 6.07) is 4.40. The van der Waals surface area contributed by atoms with Crippen LogP contribution in [0.3, 0.4) is 0 Å². The van der Waals surface area contributed by atoms with Crippen LogP contribution in [0.4, 0.5) is 5.95 Å². The summed E-state index contributed by atoms with van der Waals surface area (Å²) in [5.41, 5.74) is 9.23. The van der Waals surface area contributed by atoms with Crippen LogP contribution in [-0.2, 0) is 0 Å². The van der Waals surface area contributed by atoms with Crippen LogP contribution in [0.1, 0.15) is 50.7 Å². The number of hydrogen-bond acceptors (Lipinski definition) is 3. The van der Waals surface area contributed by atoms with Crippen molar-refractivity contribution in [1.29, 1.82) is 0 Å². The van der Waals surface area contributed by atoms with E-state index in [1.54, 1.807) is 0 Å². The van der Waals surface area contributed by atoms with Crippen molar-refractivity contribution in [2.45, 2.75) is 39.5 Å². The maximum Gasteiger partial charge on any atom is 0.220 e. The zero-order valence-corrected chi connectivity index (χ0v) is 10.9. The first-order valence-corrected chi connectivity index (χ1v) is 6.05. The molecule has 3 heteroatoms. The van der Waals surface area contributed by atoms with Crippen molar-refractivity contribution in [3.63, 3.8) is 0 Å². The van der Waals surface area contributed by atoms with E-state index in [1.807, 2.05) is 6.20 Å². The van der Waals surface area contributed by atoms with Gasteiger partial charge in [0.15, 0.2) is 0 Å². The molecule has 1 aromatic heterocycles. The molecule has 0 bridgehead atoms. The van der Waals surface area contributed by atoms with Crippen molar-refractivity contribution in [3.05, 3.63) is 29.5 Å². The van der Waals surface area contributed by atoms with Gasteiger partial charge in [0.25, 0.3) is 0 Å². The molecule has 17 heavy (non-hydrogen) atoms. The van der Waals surface area contributed by atoms with Crippen molar-refractivity contribution in [1.82, 2.24) is 9.97 Å². The lowest BCUT2D eigenvalue weighted by atomic mass is 9.93. The van der Waals surface area contributed by atoms with Gasteiger partial charge in [-0.1, -0.05) is 33.8 Å². The third kappa shape index (κ3) is 2.23. The molecule has 2 rings (SSSR count). The molecular weight excluding hydrogens is 210 g/mol. The molecule has 0 spiro atoms. The number of nitrogen functional groups attached to an aromatic ring is 1. The SMILES string of the molecule is CC(C)c1cc(C(C)C)c2nc(N)ncc2c1. The molecule has 0 fully saturated rings. The lowest BCUT2D eigenvalue weighted by Gasteiger charge is -2.14. The molecular formula is C14H19N3. The van der Waals surface area contributed by atoms with Gasteiger partial charge < -0.3 is 5.73 Å². The maximum absolute atomic E-state index is 5.67. The van der Waals surface area contributed by atoms with Crippen LogP contribution in [0, 0.1) is 0 Å². The van der Waals surface area contributed by atoms with E-state index in [0.29, 0.717) is 17.8 Å². The van der Waals surface area contributed by atoms with Crippen molar-refractivity contribution in [2.75, 3.05) is 5.73 Å². The Balaban J connectivity index is 2.76. The van der Waals surface area contributed by atoms with E-state index < -0.39 is 0 Å². The van der Waals surface area contributed by atoms with E-state index in [1.165, 1.54) is 11.1 Å². The van der Waals surface area contributed by atoms with Crippen LogP contribution >= 0.6 is 0 Å². The van der Waals surface area contributed by atoms with Crippen molar-refractivity contribution < 1.29 is 0 Å². The van der Waals surface area contributed by atoms with Gasteiger partial charge >= 0.3 is 0 Å². The average molecular weight is 229 g/mol. The highest BCUT2D eigenvalue weighted by Gasteiger charge is 2.11. The molecule has 0 saturated carbocycles. The number of benzene rings is 1. The third-order valence-electron chi connectivity index (χ3n) is 3.04. The predicted molar refractivity (Wildman–Crippen MR) is 72.1 cm³/mol. The molecule has 0 aliphatic rings. The molecule has 1 heterocycles. The summed E-state index contributed by atoms with van der Waals surface area (Å²) in [5.74, 6) is 1.29. The van der Waals surface area contributed by atoms with Crippen molar-refractivity contribution >= 4 is 16.9 Å². The minimum atomic E-state index is 0.344. The summed E-state index contributed by atoms with van der Waals surface area (Å²) in [6.07, 6.45) is 1.81. The van der Waals surface area contributed by atoms with Gasteiger partial charge in [-0.15, -0.1) is 0 Å². The molecule has 0 saturated heterocycles. The summed E-state index contributed by atoms with van der Waals surface area (Å²) >= 11 is 0. The van der Waals surface area contributed by atoms with Gasteiger partial charge in [0.2, 0.25) is 5.95 Å². The Morgan fingerprint density at radius 1 is 1.06 bits per heavy atom. The van der Waals surface area contributed by atoms with Crippen LogP contribution in [0.5, 0.6) is 0 Å². The van der Waals surface area contributed by atoms with Gasteiger partial charge in [-0.2, -0.15) is 0 Å². The summed E-state index contributed by atoms with van der Waals surface area (Å²) in [5, 5.41) is 1.08. The average Bonchev–Trinajstić information content (AvgIpc) is 2.27. The summed E-state index contributed by atoms with van der Waals surface area (Å²) in [4.78, 5) is 8.44. The summed E-state index contributed by atoms with van der Waals surface area (Å²) in [7, 11) is 0. The number of rotatable bonds is 2. The van der Waals surface area contributed by atoms with E-state index in [0.717, 1.165) is 10.9 Å². The zero-order valence-electron chi connectivity index (χ0n) is 10.9. The number of aromatic nitrogens is 2. The fraction of sp³-hybridized carbons (Fsp3) is 0.429. The van der Waals surface area contributed by atoms with Crippen molar-refractivity contribution in [3.8, 4) is 0 Å². The molecule has 0 aliphatic carbocycles. The Labute approximate surface area is 102 Å². The first-order chi connectivity index (χ1) is 7.99. The van der Waals surface area contributed by atoms with Gasteiger partial charge in [-0.05, 0) is 29.0 Å². The highest BCUT2D eigenvalue weighted by Crippen LogP contribution is 2.28. The third-order valence-corrected chi connectivity index (χ3v) is 3.04. The molecule has 0 radical (unpaired) electrons. The van der Waals surface area contributed by atoms with E-state index >= 15 is 0 Å². The second kappa shape index (κ2) is 4.32. The largest absolute Gasteiger partial charge is 0.368 e. The maximum atomic E-state index is 5.67. The summed E-state index contributed by atoms with van der Waals surface area (Å²) in [6.45, 7) is 8.75. The van der Waals surface area contributed by atoms with Gasteiger partial charge in [-0.25, -0.2) is 9.97 Å². The predicted octanol–water partition coefficient (Wildman–Crippen LogP) is 3.46. The zero-order chi connectivity index (χ0) is 12.6. The fourth-order valence-electron chi connectivity index (χ4n) is 1.98. The standard InChI is InChI=1S/C14H19N3/c1-8(2)10-5-11-7-16-14(15)17-13(11)12(6-10)9(3)4/h5-9H,1-4H3,(H2,15,16,17). The van der Waals surface area contributed by atoms with Crippen LogP contribution < -0.4 is 5.73 Å². The van der Waals surface area contributed by atoms with Crippen LogP contribution in [-0.4, -0.2) is 9.97 Å². The monoisotopic (exact) mass is 229 g/mol. The smallest absolute Gasteiger partial charge is 0.220 e. The molecule has 0 aliphatic heterocycles. The molecule has 0 unspecified atom stereocenters. The quantitative estimate of drug-likeness (QED) is 0.858. The normalized spacial score (nSPS) is 11.6. The lowest BCUT2D eigenvalue weighted by Crippen LogP contribution is -2.00. The van der Waals surface area contributed by atoms with Crippen molar-refractivity contribution in [2.24, 2.45) is 0 Å². The second-order valence-electron chi connectivity index (χ2n) is 5.09.